The van der Waals surface area contributed by atoms with Gasteiger partial charge < -0.3 is 14.5 Å². The third kappa shape index (κ3) is 1.75. The molecule has 0 spiro atoms. The molecule has 2 aromatic carbocycles. The van der Waals surface area contributed by atoms with Crippen LogP contribution in [0.1, 0.15) is 11.3 Å². The van der Waals surface area contributed by atoms with Gasteiger partial charge in [-0.1, -0.05) is 29.8 Å². The summed E-state index contributed by atoms with van der Waals surface area (Å²) < 4.78 is 10.8. The number of aryl methyl sites for hydroxylation is 1. The number of rotatable bonds is 1. The van der Waals surface area contributed by atoms with E-state index >= 15 is 0 Å². The Morgan fingerprint density at radius 2 is 1.81 bits per heavy atom. The zero-order chi connectivity index (χ0) is 14.4. The average Bonchev–Trinajstić information content (AvgIpc) is 3.08. The van der Waals surface area contributed by atoms with Gasteiger partial charge in [0.1, 0.15) is 11.8 Å². The minimum absolute atomic E-state index is 0.243. The van der Waals surface area contributed by atoms with Crippen LogP contribution in [0.2, 0.25) is 0 Å². The lowest BCUT2D eigenvalue weighted by molar-refractivity contribution is 0.174. The van der Waals surface area contributed by atoms with Crippen molar-refractivity contribution < 1.29 is 9.47 Å². The van der Waals surface area contributed by atoms with Crippen LogP contribution in [0.25, 0.3) is 22.0 Å². The van der Waals surface area contributed by atoms with Crippen molar-refractivity contribution in [3.05, 3.63) is 47.7 Å². The highest BCUT2D eigenvalue weighted by Gasteiger charge is 2.19. The topological polar surface area (TPSA) is 58.0 Å². The Hall–Kier alpha value is -2.93. The highest BCUT2D eigenvalue weighted by atomic mass is 16.7. The summed E-state index contributed by atoms with van der Waals surface area (Å²) >= 11 is 0. The molecule has 1 aromatic heterocycles. The van der Waals surface area contributed by atoms with Crippen LogP contribution in [-0.4, -0.2) is 11.8 Å². The SMILES string of the molecule is Cc1ccc(-c2c(C#N)[nH]c3cc4c(cc23)OCO4)cc1. The van der Waals surface area contributed by atoms with Crippen LogP contribution < -0.4 is 9.47 Å². The lowest BCUT2D eigenvalue weighted by Gasteiger charge is -2.02. The number of hydrogen-bond donors (Lipinski definition) is 1. The van der Waals surface area contributed by atoms with Gasteiger partial charge in [-0.2, -0.15) is 5.26 Å². The van der Waals surface area contributed by atoms with Crippen LogP contribution in [0.5, 0.6) is 11.5 Å². The molecule has 102 valence electrons. The van der Waals surface area contributed by atoms with E-state index in [9.17, 15) is 5.26 Å². The van der Waals surface area contributed by atoms with Gasteiger partial charge in [-0.05, 0) is 18.6 Å². The van der Waals surface area contributed by atoms with Crippen LogP contribution in [0, 0.1) is 18.3 Å². The molecule has 0 fully saturated rings. The predicted molar refractivity (Wildman–Crippen MR) is 79.3 cm³/mol. The number of aromatic nitrogens is 1. The van der Waals surface area contributed by atoms with Crippen LogP contribution in [0.3, 0.4) is 0 Å². The van der Waals surface area contributed by atoms with Crippen LogP contribution in [0.4, 0.5) is 0 Å². The maximum absolute atomic E-state index is 9.40. The highest BCUT2D eigenvalue weighted by Crippen LogP contribution is 2.40. The first-order chi connectivity index (χ1) is 10.3. The summed E-state index contributed by atoms with van der Waals surface area (Å²) in [6.07, 6.45) is 0. The predicted octanol–water partition coefficient (Wildman–Crippen LogP) is 3.74. The Bertz CT molecular complexity index is 886. The number of fused-ring (bicyclic) bond motifs is 2. The minimum atomic E-state index is 0.243. The molecule has 0 bridgehead atoms. The van der Waals surface area contributed by atoms with Gasteiger partial charge in [0.25, 0.3) is 0 Å². The Balaban J connectivity index is 2.02. The smallest absolute Gasteiger partial charge is 0.231 e. The van der Waals surface area contributed by atoms with Gasteiger partial charge in [-0.25, -0.2) is 0 Å². The molecular formula is C17H12N2O2. The normalized spacial score (nSPS) is 12.6. The summed E-state index contributed by atoms with van der Waals surface area (Å²) in [7, 11) is 0. The van der Waals surface area contributed by atoms with Crippen molar-refractivity contribution in [2.75, 3.05) is 6.79 Å². The molecule has 0 saturated heterocycles. The van der Waals surface area contributed by atoms with E-state index in [0.717, 1.165) is 27.8 Å². The quantitative estimate of drug-likeness (QED) is 0.736. The molecule has 3 aromatic rings. The van der Waals surface area contributed by atoms with E-state index in [-0.39, 0.29) is 6.79 Å². The molecule has 1 aliphatic rings. The molecule has 2 heterocycles. The second-order valence-corrected chi connectivity index (χ2v) is 5.10. The largest absolute Gasteiger partial charge is 0.454 e. The third-order valence-corrected chi connectivity index (χ3v) is 3.74. The van der Waals surface area contributed by atoms with Crippen LogP contribution >= 0.6 is 0 Å². The number of nitriles is 1. The number of H-pyrrole nitrogens is 1. The monoisotopic (exact) mass is 276 g/mol. The van der Waals surface area contributed by atoms with Crippen molar-refractivity contribution in [1.29, 1.82) is 5.26 Å². The van der Waals surface area contributed by atoms with E-state index in [0.29, 0.717) is 11.4 Å². The van der Waals surface area contributed by atoms with Crippen LogP contribution in [0.15, 0.2) is 36.4 Å². The Kier molecular flexibility index (Phi) is 2.42. The highest BCUT2D eigenvalue weighted by molar-refractivity contribution is 6.00. The second-order valence-electron chi connectivity index (χ2n) is 5.10. The second kappa shape index (κ2) is 4.29. The number of hydrogen-bond acceptors (Lipinski definition) is 3. The standard InChI is InChI=1S/C17H12N2O2/c1-10-2-4-11(5-3-10)17-12-6-15-16(21-9-20-15)7-13(12)19-14(17)8-18/h2-7,19H,9H2,1H3. The van der Waals surface area contributed by atoms with E-state index in [1.165, 1.54) is 5.56 Å². The van der Waals surface area contributed by atoms with E-state index in [4.69, 9.17) is 9.47 Å². The van der Waals surface area contributed by atoms with Crippen molar-refractivity contribution in [1.82, 2.24) is 4.98 Å². The minimum Gasteiger partial charge on any atom is -0.454 e. The van der Waals surface area contributed by atoms with Gasteiger partial charge in [0.05, 0.1) is 5.52 Å². The van der Waals surface area contributed by atoms with E-state index in [1.807, 2.05) is 43.3 Å². The lowest BCUT2D eigenvalue weighted by atomic mass is 10.0. The summed E-state index contributed by atoms with van der Waals surface area (Å²) in [6.45, 7) is 2.29. The van der Waals surface area contributed by atoms with Crippen molar-refractivity contribution in [2.24, 2.45) is 0 Å². The Labute approximate surface area is 121 Å². The van der Waals surface area contributed by atoms with Gasteiger partial charge in [0.15, 0.2) is 11.5 Å². The molecule has 4 rings (SSSR count). The number of benzene rings is 2. The average molecular weight is 276 g/mol. The van der Waals surface area contributed by atoms with Crippen molar-refractivity contribution in [3.8, 4) is 28.7 Å². The van der Waals surface area contributed by atoms with E-state index in [2.05, 4.69) is 11.1 Å². The van der Waals surface area contributed by atoms with Crippen molar-refractivity contribution in [2.45, 2.75) is 6.92 Å². The molecule has 0 unspecified atom stereocenters. The van der Waals surface area contributed by atoms with Gasteiger partial charge in [-0.3, -0.25) is 0 Å². The van der Waals surface area contributed by atoms with Gasteiger partial charge in [0.2, 0.25) is 6.79 Å². The van der Waals surface area contributed by atoms with Crippen LogP contribution in [-0.2, 0) is 0 Å². The molecule has 0 amide bonds. The molecule has 21 heavy (non-hydrogen) atoms. The molecule has 1 aliphatic heterocycles. The number of nitrogens with one attached hydrogen (secondary N) is 1. The first-order valence-corrected chi connectivity index (χ1v) is 6.69. The van der Waals surface area contributed by atoms with Gasteiger partial charge in [-0.15, -0.1) is 0 Å². The molecule has 4 heteroatoms. The van der Waals surface area contributed by atoms with Crippen molar-refractivity contribution >= 4 is 10.9 Å². The van der Waals surface area contributed by atoms with Gasteiger partial charge in [0, 0.05) is 17.0 Å². The fraction of sp³-hybridized carbons (Fsp3) is 0.118. The molecule has 4 nitrogen and oxygen atoms in total. The molecule has 0 atom stereocenters. The number of nitrogens with zero attached hydrogens (tertiary/aromatic N) is 1. The first-order valence-electron chi connectivity index (χ1n) is 6.69. The fourth-order valence-electron chi connectivity index (χ4n) is 2.69. The maximum atomic E-state index is 9.40. The fourth-order valence-corrected chi connectivity index (χ4v) is 2.69. The summed E-state index contributed by atoms with van der Waals surface area (Å²) in [4.78, 5) is 3.16. The molecule has 0 aliphatic carbocycles. The number of ether oxygens (including phenoxy) is 2. The summed E-state index contributed by atoms with van der Waals surface area (Å²) in [5.41, 5.74) is 4.55. The molecule has 0 saturated carbocycles. The maximum Gasteiger partial charge on any atom is 0.231 e. The van der Waals surface area contributed by atoms with Gasteiger partial charge >= 0.3 is 0 Å². The Morgan fingerprint density at radius 1 is 1.10 bits per heavy atom. The summed E-state index contributed by atoms with van der Waals surface area (Å²) in [5, 5.41) is 10.4. The summed E-state index contributed by atoms with van der Waals surface area (Å²) in [6, 6.07) is 14.2. The van der Waals surface area contributed by atoms with E-state index in [1.54, 1.807) is 0 Å². The van der Waals surface area contributed by atoms with Crippen molar-refractivity contribution in [3.63, 3.8) is 0 Å². The third-order valence-electron chi connectivity index (χ3n) is 3.74. The summed E-state index contributed by atoms with van der Waals surface area (Å²) in [5.74, 6) is 1.43. The lowest BCUT2D eigenvalue weighted by Crippen LogP contribution is -1.92. The molecule has 1 N–H and O–H groups in total. The number of aromatic amines is 1. The Morgan fingerprint density at radius 3 is 2.52 bits per heavy atom. The zero-order valence-corrected chi connectivity index (χ0v) is 11.4. The molecule has 0 radical (unpaired) electrons. The van der Waals surface area contributed by atoms with E-state index < -0.39 is 0 Å². The zero-order valence-electron chi connectivity index (χ0n) is 11.4. The first kappa shape index (κ1) is 11.9. The molecular weight excluding hydrogens is 264 g/mol.